The van der Waals surface area contributed by atoms with Crippen molar-refractivity contribution in [3.8, 4) is 22.9 Å². The van der Waals surface area contributed by atoms with Crippen molar-refractivity contribution in [1.82, 2.24) is 24.9 Å². The number of hydrogen-bond donors (Lipinski definition) is 2. The third-order valence-corrected chi connectivity index (χ3v) is 13.4. The molecular weight excluding hydrogens is 770 g/mol. The fraction of sp³-hybridized carbons (Fsp3) is 0.395. The monoisotopic (exact) mass is 816 g/mol. The van der Waals surface area contributed by atoms with E-state index in [0.29, 0.717) is 43.1 Å². The number of amides is 1. The first-order valence-electron chi connectivity index (χ1n) is 19.3. The van der Waals surface area contributed by atoms with Gasteiger partial charge in [0, 0.05) is 35.7 Å². The Kier molecular flexibility index (Phi) is 10.8. The van der Waals surface area contributed by atoms with Crippen molar-refractivity contribution in [2.24, 2.45) is 18.4 Å². The smallest absolute Gasteiger partial charge is 0.228 e. The van der Waals surface area contributed by atoms with Crippen LogP contribution < -0.4 is 10.1 Å². The zero-order valence-corrected chi connectivity index (χ0v) is 34.4. The minimum Gasteiger partial charge on any atom is -0.454 e. The molecule has 0 saturated carbocycles. The topological polar surface area (TPSA) is 145 Å². The van der Waals surface area contributed by atoms with E-state index in [1.807, 2.05) is 58.9 Å². The molecule has 6 aromatic rings. The first kappa shape index (κ1) is 40.7. The number of carbonyl (C=O) groups excluding carboxylic acids is 1. The van der Waals surface area contributed by atoms with Crippen LogP contribution in [-0.4, -0.2) is 50.7 Å². The summed E-state index contributed by atoms with van der Waals surface area (Å²) in [5, 5.41) is 11.9. The molecule has 1 aliphatic heterocycles. The second kappa shape index (κ2) is 15.4. The van der Waals surface area contributed by atoms with Gasteiger partial charge < -0.3 is 19.6 Å². The molecule has 0 spiro atoms. The number of fused-ring (bicyclic) bond motifs is 8. The van der Waals surface area contributed by atoms with Gasteiger partial charge in [-0.15, -0.1) is 0 Å². The van der Waals surface area contributed by atoms with Gasteiger partial charge in [0.25, 0.3) is 0 Å². The molecule has 2 N–H and O–H groups in total. The van der Waals surface area contributed by atoms with Gasteiger partial charge in [-0.3, -0.25) is 4.79 Å². The Morgan fingerprint density at radius 1 is 1.05 bits per heavy atom. The number of ether oxygens (including phenoxy) is 1. The summed E-state index contributed by atoms with van der Waals surface area (Å²) in [4.78, 5) is 20.8. The van der Waals surface area contributed by atoms with Gasteiger partial charge in [0.15, 0.2) is 38.9 Å². The molecule has 1 aliphatic rings. The molecule has 15 heteroatoms. The molecule has 58 heavy (non-hydrogen) atoms. The Hall–Kier alpha value is -5.44. The van der Waals surface area contributed by atoms with E-state index < -0.39 is 49.8 Å². The summed E-state index contributed by atoms with van der Waals surface area (Å²) in [6, 6.07) is 13.2. The summed E-state index contributed by atoms with van der Waals surface area (Å²) in [5.41, 5.74) is 1.11. The van der Waals surface area contributed by atoms with Gasteiger partial charge in [-0.25, -0.2) is 26.9 Å². The number of nitrogens with one attached hydrogen (secondary N) is 2. The highest BCUT2D eigenvalue weighted by Gasteiger charge is 2.36. The van der Waals surface area contributed by atoms with E-state index in [-0.39, 0.29) is 57.4 Å². The largest absolute Gasteiger partial charge is 0.454 e. The average Bonchev–Trinajstić information content (AvgIpc) is 3.89. The normalized spacial score (nSPS) is 18.8. The van der Waals surface area contributed by atoms with Gasteiger partial charge in [-0.1, -0.05) is 56.6 Å². The first-order valence-corrected chi connectivity index (χ1v) is 21.1. The van der Waals surface area contributed by atoms with Gasteiger partial charge in [0.2, 0.25) is 11.7 Å². The molecule has 0 saturated heterocycles. The summed E-state index contributed by atoms with van der Waals surface area (Å²) in [6.45, 7) is 11.2. The van der Waals surface area contributed by atoms with E-state index in [1.165, 1.54) is 23.0 Å². The second-order valence-electron chi connectivity index (χ2n) is 16.5. The van der Waals surface area contributed by atoms with Gasteiger partial charge in [-0.2, -0.15) is 9.49 Å². The number of anilines is 1. The highest BCUT2D eigenvalue weighted by atomic mass is 32.2. The first-order chi connectivity index (χ1) is 27.4. The van der Waals surface area contributed by atoms with Crippen LogP contribution in [0.2, 0.25) is 0 Å². The number of carbonyl (C=O) groups is 1. The van der Waals surface area contributed by atoms with Crippen LogP contribution >= 0.6 is 0 Å². The predicted octanol–water partition coefficient (Wildman–Crippen LogP) is 9.07. The number of halogens is 3. The zero-order valence-electron chi connectivity index (χ0n) is 33.6. The minimum absolute atomic E-state index is 0.0111. The van der Waals surface area contributed by atoms with Crippen LogP contribution in [-0.2, 0) is 39.9 Å². The molecule has 306 valence electrons. The van der Waals surface area contributed by atoms with Crippen molar-refractivity contribution in [3.05, 3.63) is 106 Å². The summed E-state index contributed by atoms with van der Waals surface area (Å²) < 4.78 is 87.1. The molecule has 4 bridgehead atoms. The average molecular weight is 817 g/mol. The molecular formula is C43H47F3N6O5S. The molecule has 0 aliphatic carbocycles. The summed E-state index contributed by atoms with van der Waals surface area (Å²) in [6.07, 6.45) is 3.34. The number of nitrogens with zero attached hydrogens (tertiary/aromatic N) is 4. The van der Waals surface area contributed by atoms with Gasteiger partial charge in [0.1, 0.15) is 17.3 Å². The molecule has 3 aromatic carbocycles. The quantitative estimate of drug-likeness (QED) is 0.175. The number of sulfone groups is 1. The Morgan fingerprint density at radius 2 is 1.83 bits per heavy atom. The Morgan fingerprint density at radius 3 is 2.57 bits per heavy atom. The fourth-order valence-electron chi connectivity index (χ4n) is 7.90. The van der Waals surface area contributed by atoms with Crippen LogP contribution in [0.4, 0.5) is 19.0 Å². The van der Waals surface area contributed by atoms with Crippen LogP contribution in [0.25, 0.3) is 22.3 Å². The molecule has 0 unspecified atom stereocenters. The lowest BCUT2D eigenvalue weighted by atomic mass is 9.75. The molecule has 0 radical (unpaired) electrons. The molecule has 4 heterocycles. The second-order valence-corrected chi connectivity index (χ2v) is 18.7. The van der Waals surface area contributed by atoms with E-state index in [1.54, 1.807) is 20.0 Å². The lowest BCUT2D eigenvalue weighted by Crippen LogP contribution is -2.29. The Bertz CT molecular complexity index is 2650. The van der Waals surface area contributed by atoms with Crippen molar-refractivity contribution in [2.45, 2.75) is 79.1 Å². The third kappa shape index (κ3) is 8.00. The molecule has 7 rings (SSSR count). The summed E-state index contributed by atoms with van der Waals surface area (Å²) >= 11 is 0. The Balaban J connectivity index is 1.29. The van der Waals surface area contributed by atoms with Crippen LogP contribution in [0.5, 0.6) is 11.5 Å². The minimum atomic E-state index is -3.71. The number of benzene rings is 3. The van der Waals surface area contributed by atoms with E-state index >= 15 is 13.2 Å². The highest BCUT2D eigenvalue weighted by Crippen LogP contribution is 2.41. The summed E-state index contributed by atoms with van der Waals surface area (Å²) in [5.74, 6) is -3.10. The van der Waals surface area contributed by atoms with Crippen molar-refractivity contribution in [3.63, 3.8) is 0 Å². The van der Waals surface area contributed by atoms with E-state index in [9.17, 15) is 13.2 Å². The van der Waals surface area contributed by atoms with Crippen LogP contribution in [0, 0.1) is 42.6 Å². The number of hydrogen-bond acceptors (Lipinski definition) is 8. The Labute approximate surface area is 335 Å². The van der Waals surface area contributed by atoms with Gasteiger partial charge >= 0.3 is 0 Å². The number of rotatable bonds is 5. The van der Waals surface area contributed by atoms with Crippen molar-refractivity contribution < 1.29 is 35.6 Å². The maximum Gasteiger partial charge on any atom is 0.228 e. The van der Waals surface area contributed by atoms with E-state index in [0.717, 1.165) is 22.8 Å². The maximum atomic E-state index is 15.8. The zero-order chi connectivity index (χ0) is 41.7. The molecule has 11 nitrogen and oxygen atoms in total. The SMILES string of the molecule is Cc1onc(NC(=O)[C@H](C)Cc2cccc([C@@]3(C)CCCC(C)(C)CS(=O)(=O)CCc4c(c(F)c(F)c5[nH]ccc45)Oc4ccc(F)c(c4)-c4nc3nn4C)c2)c1C. The maximum absolute atomic E-state index is 15.8. The third-order valence-electron chi connectivity index (χ3n) is 11.4. The molecule has 0 fully saturated rings. The lowest BCUT2D eigenvalue weighted by molar-refractivity contribution is -0.119. The van der Waals surface area contributed by atoms with Crippen molar-refractivity contribution in [2.75, 3.05) is 16.8 Å². The molecule has 3 aromatic heterocycles. The fourth-order valence-corrected chi connectivity index (χ4v) is 9.89. The van der Waals surface area contributed by atoms with Crippen molar-refractivity contribution in [1.29, 1.82) is 0 Å². The molecule has 2 atom stereocenters. The standard InChI is InChI=1S/C43H47F3N6O5S/c1-24(40(53)48-38-25(2)26(3)57-51-38)20-27-10-8-11-28(21-27)43(6)17-9-16-42(4,5)23-58(54,55)19-15-31-30-14-18-47-36(30)34(45)35(46)37(31)56-29-12-13-33(44)32(22-29)39-49-41(43)50-52(39)7/h8,10-14,18,21-22,24,47H,9,15-17,19-20,23H2,1-7H3,(H,48,51,53)/t24-,43-/m1/s1. The number of aromatic amines is 1. The van der Waals surface area contributed by atoms with Crippen LogP contribution in [0.1, 0.15) is 80.8 Å². The van der Waals surface area contributed by atoms with Crippen LogP contribution in [0.3, 0.4) is 0 Å². The lowest BCUT2D eigenvalue weighted by Gasteiger charge is -2.31. The predicted molar refractivity (Wildman–Crippen MR) is 215 cm³/mol. The van der Waals surface area contributed by atoms with E-state index in [2.05, 4.69) is 15.5 Å². The molecule has 1 amide bonds. The highest BCUT2D eigenvalue weighted by molar-refractivity contribution is 7.91. The van der Waals surface area contributed by atoms with Gasteiger partial charge in [-0.05, 0) is 87.3 Å². The van der Waals surface area contributed by atoms with Crippen molar-refractivity contribution >= 4 is 32.5 Å². The number of aromatic nitrogens is 5. The number of aryl methyl sites for hydroxylation is 3. The van der Waals surface area contributed by atoms with E-state index in [4.69, 9.17) is 19.3 Å². The number of H-pyrrole nitrogens is 1. The van der Waals surface area contributed by atoms with Gasteiger partial charge in [0.05, 0.1) is 28.0 Å². The summed E-state index contributed by atoms with van der Waals surface area (Å²) in [7, 11) is -2.06. The van der Waals surface area contributed by atoms with Crippen LogP contribution in [0.15, 0.2) is 59.3 Å².